The Morgan fingerprint density at radius 1 is 1.19 bits per heavy atom. The maximum absolute atomic E-state index is 12.9. The molecule has 27 heavy (non-hydrogen) atoms. The third-order valence-electron chi connectivity index (χ3n) is 5.13. The number of methoxy groups -OCH3 is 2. The molecule has 0 aliphatic carbocycles. The van der Waals surface area contributed by atoms with E-state index >= 15 is 0 Å². The molecule has 0 unspecified atom stereocenters. The molecule has 0 amide bonds. The van der Waals surface area contributed by atoms with Crippen LogP contribution in [0.2, 0.25) is 0 Å². The molecule has 0 atom stereocenters. The Labute approximate surface area is 157 Å². The molecule has 0 N–H and O–H groups in total. The smallest absolute Gasteiger partial charge is 0.329 e. The molecule has 0 fully saturated rings. The van der Waals surface area contributed by atoms with Crippen LogP contribution < -0.4 is 0 Å². The minimum atomic E-state index is -1.54. The van der Waals surface area contributed by atoms with Gasteiger partial charge < -0.3 is 18.5 Å². The number of ketones is 1. The van der Waals surface area contributed by atoms with Crippen molar-refractivity contribution >= 4 is 17.7 Å². The van der Waals surface area contributed by atoms with Crippen molar-refractivity contribution in [3.63, 3.8) is 0 Å². The number of nitrogens with zero attached hydrogens (tertiary/aromatic N) is 1. The molecule has 0 saturated heterocycles. The molecule has 3 heterocycles. The number of aromatic nitrogens is 1. The quantitative estimate of drug-likeness (QED) is 0.421. The van der Waals surface area contributed by atoms with E-state index in [9.17, 15) is 14.4 Å². The lowest BCUT2D eigenvalue weighted by Crippen LogP contribution is -2.43. The standard InChI is InChI=1S/C20H23NO6/c1-4-5-6-13-11-15(27-12-13)17(22)14-7-8-16-20(18(23)25-2,19(24)26-3)9-10-21(14)16/h7-8,11-12H,4-6,9-10H2,1-3H3. The first kappa shape index (κ1) is 18.9. The van der Waals surface area contributed by atoms with Crippen LogP contribution in [-0.4, -0.2) is 36.5 Å². The highest BCUT2D eigenvalue weighted by atomic mass is 16.5. The van der Waals surface area contributed by atoms with Gasteiger partial charge in [-0.2, -0.15) is 0 Å². The van der Waals surface area contributed by atoms with Crippen molar-refractivity contribution in [3.05, 3.63) is 47.2 Å². The van der Waals surface area contributed by atoms with Crippen molar-refractivity contribution in [1.29, 1.82) is 0 Å². The lowest BCUT2D eigenvalue weighted by atomic mass is 9.83. The van der Waals surface area contributed by atoms with Crippen LogP contribution in [-0.2, 0) is 37.4 Å². The molecule has 0 saturated carbocycles. The van der Waals surface area contributed by atoms with E-state index in [4.69, 9.17) is 13.9 Å². The number of furan rings is 1. The van der Waals surface area contributed by atoms with E-state index in [-0.39, 0.29) is 18.0 Å². The van der Waals surface area contributed by atoms with E-state index in [1.54, 1.807) is 29.0 Å². The Hall–Kier alpha value is -2.83. The Morgan fingerprint density at radius 3 is 2.52 bits per heavy atom. The molecule has 0 radical (unpaired) electrons. The first-order valence-corrected chi connectivity index (χ1v) is 8.98. The molecule has 3 rings (SSSR count). The maximum atomic E-state index is 12.9. The average molecular weight is 373 g/mol. The monoisotopic (exact) mass is 373 g/mol. The van der Waals surface area contributed by atoms with Gasteiger partial charge >= 0.3 is 11.9 Å². The van der Waals surface area contributed by atoms with Gasteiger partial charge in [-0.3, -0.25) is 14.4 Å². The fourth-order valence-corrected chi connectivity index (χ4v) is 3.66. The predicted molar refractivity (Wildman–Crippen MR) is 95.5 cm³/mol. The second-order valence-corrected chi connectivity index (χ2v) is 6.65. The van der Waals surface area contributed by atoms with Crippen LogP contribution in [0.15, 0.2) is 28.9 Å². The molecule has 144 valence electrons. The molecule has 0 aromatic carbocycles. The van der Waals surface area contributed by atoms with Gasteiger partial charge in [-0.15, -0.1) is 0 Å². The second kappa shape index (κ2) is 7.42. The zero-order valence-corrected chi connectivity index (χ0v) is 15.7. The summed E-state index contributed by atoms with van der Waals surface area (Å²) < 4.78 is 16.8. The normalized spacial score (nSPS) is 14.6. The van der Waals surface area contributed by atoms with E-state index in [0.29, 0.717) is 17.9 Å². The molecule has 7 heteroatoms. The van der Waals surface area contributed by atoms with Gasteiger partial charge in [0.25, 0.3) is 0 Å². The first-order valence-electron chi connectivity index (χ1n) is 8.98. The van der Waals surface area contributed by atoms with Crippen molar-refractivity contribution in [2.24, 2.45) is 0 Å². The van der Waals surface area contributed by atoms with E-state index in [0.717, 1.165) is 24.8 Å². The summed E-state index contributed by atoms with van der Waals surface area (Å²) in [6.07, 6.45) is 4.72. The minimum absolute atomic E-state index is 0.183. The molecule has 2 aromatic heterocycles. The highest BCUT2D eigenvalue weighted by molar-refractivity contribution is 6.09. The average Bonchev–Trinajstić information content (AvgIpc) is 3.40. The number of hydrogen-bond donors (Lipinski definition) is 0. The zero-order valence-electron chi connectivity index (χ0n) is 15.7. The number of aryl methyl sites for hydroxylation is 1. The summed E-state index contributed by atoms with van der Waals surface area (Å²) in [5.41, 5.74) is 0.211. The van der Waals surface area contributed by atoms with E-state index in [2.05, 4.69) is 6.92 Å². The number of esters is 2. The number of rotatable bonds is 7. The number of ether oxygens (including phenoxy) is 2. The third kappa shape index (κ3) is 2.97. The van der Waals surface area contributed by atoms with E-state index < -0.39 is 17.4 Å². The molecule has 0 bridgehead atoms. The van der Waals surface area contributed by atoms with Crippen molar-refractivity contribution < 1.29 is 28.3 Å². The van der Waals surface area contributed by atoms with E-state index in [1.807, 2.05) is 0 Å². The molecule has 2 aromatic rings. The Bertz CT molecular complexity index is 859. The number of unbranched alkanes of at least 4 members (excludes halogenated alkanes) is 1. The molecular formula is C20H23NO6. The highest BCUT2D eigenvalue weighted by Crippen LogP contribution is 2.39. The summed E-state index contributed by atoms with van der Waals surface area (Å²) in [5.74, 6) is -1.42. The van der Waals surface area contributed by atoms with Crippen molar-refractivity contribution in [2.45, 2.75) is 44.6 Å². The summed E-state index contributed by atoms with van der Waals surface area (Å²) in [5, 5.41) is 0. The number of fused-ring (bicyclic) bond motifs is 1. The summed E-state index contributed by atoms with van der Waals surface area (Å²) in [6.45, 7) is 2.43. The number of hydrogen-bond acceptors (Lipinski definition) is 6. The maximum Gasteiger partial charge on any atom is 0.329 e. The van der Waals surface area contributed by atoms with E-state index in [1.165, 1.54) is 14.2 Å². The predicted octanol–water partition coefficient (Wildman–Crippen LogP) is 2.64. The van der Waals surface area contributed by atoms with Crippen LogP contribution in [0.4, 0.5) is 0 Å². The number of carbonyl (C=O) groups excluding carboxylic acids is 3. The molecule has 0 spiro atoms. The van der Waals surface area contributed by atoms with Gasteiger partial charge in [0.15, 0.2) is 5.76 Å². The van der Waals surface area contributed by atoms with Gasteiger partial charge in [0.1, 0.15) is 0 Å². The third-order valence-corrected chi connectivity index (χ3v) is 5.13. The van der Waals surface area contributed by atoms with Crippen LogP contribution in [0, 0.1) is 0 Å². The molecule has 1 aliphatic heterocycles. The zero-order chi connectivity index (χ0) is 19.6. The topological polar surface area (TPSA) is 87.7 Å². The van der Waals surface area contributed by atoms with Crippen molar-refractivity contribution in [2.75, 3.05) is 14.2 Å². The van der Waals surface area contributed by atoms with Crippen molar-refractivity contribution in [3.8, 4) is 0 Å². The molecule has 1 aliphatic rings. The van der Waals surface area contributed by atoms with Gasteiger partial charge in [0.05, 0.1) is 26.2 Å². The van der Waals surface area contributed by atoms with Crippen LogP contribution in [0.25, 0.3) is 0 Å². The lowest BCUT2D eigenvalue weighted by Gasteiger charge is -2.22. The number of carbonyl (C=O) groups is 3. The molecular weight excluding hydrogens is 350 g/mol. The largest absolute Gasteiger partial charge is 0.468 e. The summed E-state index contributed by atoms with van der Waals surface area (Å²) in [7, 11) is 2.46. The van der Waals surface area contributed by atoms with Gasteiger partial charge in [-0.1, -0.05) is 13.3 Å². The Morgan fingerprint density at radius 2 is 1.89 bits per heavy atom. The van der Waals surface area contributed by atoms with Crippen molar-refractivity contribution in [1.82, 2.24) is 4.57 Å². The van der Waals surface area contributed by atoms with Crippen LogP contribution in [0.1, 0.15) is 53.7 Å². The Kier molecular flexibility index (Phi) is 5.21. The van der Waals surface area contributed by atoms with Gasteiger partial charge in [-0.25, -0.2) is 0 Å². The SMILES string of the molecule is CCCCc1coc(C(=O)c2ccc3n2CCC3(C(=O)OC)C(=O)OC)c1. The van der Waals surface area contributed by atoms with Gasteiger partial charge in [0, 0.05) is 12.2 Å². The van der Waals surface area contributed by atoms with Gasteiger partial charge in [0.2, 0.25) is 11.2 Å². The van der Waals surface area contributed by atoms with Crippen LogP contribution in [0.3, 0.4) is 0 Å². The molecule has 7 nitrogen and oxygen atoms in total. The van der Waals surface area contributed by atoms with Gasteiger partial charge in [-0.05, 0) is 43.0 Å². The second-order valence-electron chi connectivity index (χ2n) is 6.65. The fraction of sp³-hybridized carbons (Fsp3) is 0.450. The summed E-state index contributed by atoms with van der Waals surface area (Å²) >= 11 is 0. The first-order chi connectivity index (χ1) is 13.0. The summed E-state index contributed by atoms with van der Waals surface area (Å²) in [4.78, 5) is 37.7. The lowest BCUT2D eigenvalue weighted by molar-refractivity contribution is -0.161. The van der Waals surface area contributed by atoms with Crippen LogP contribution >= 0.6 is 0 Å². The summed E-state index contributed by atoms with van der Waals surface area (Å²) in [6, 6.07) is 4.96. The minimum Gasteiger partial charge on any atom is -0.468 e. The fourth-order valence-electron chi connectivity index (χ4n) is 3.66. The Balaban J connectivity index is 1.95. The van der Waals surface area contributed by atoms with Crippen LogP contribution in [0.5, 0.6) is 0 Å². The highest BCUT2D eigenvalue weighted by Gasteiger charge is 2.55.